The van der Waals surface area contributed by atoms with Gasteiger partial charge in [-0.1, -0.05) is 11.3 Å². The lowest BCUT2D eigenvalue weighted by Gasteiger charge is -2.08. The first-order valence-electron chi connectivity index (χ1n) is 6.73. The van der Waals surface area contributed by atoms with E-state index in [1.54, 1.807) is 11.8 Å². The molecule has 7 heteroatoms. The Labute approximate surface area is 132 Å². The number of hydrogen-bond donors (Lipinski definition) is 2. The molecule has 0 spiro atoms. The normalized spacial score (nSPS) is 11.2. The number of anilines is 2. The molecule has 0 unspecified atom stereocenters. The van der Waals surface area contributed by atoms with E-state index in [0.29, 0.717) is 17.2 Å². The second-order valence-electron chi connectivity index (χ2n) is 4.96. The zero-order valence-corrected chi connectivity index (χ0v) is 13.9. The summed E-state index contributed by atoms with van der Waals surface area (Å²) in [7, 11) is 4.10. The number of amides is 1. The minimum absolute atomic E-state index is 0.0133. The Balaban J connectivity index is 1.78. The van der Waals surface area contributed by atoms with Crippen LogP contribution in [0, 0.1) is 0 Å². The van der Waals surface area contributed by atoms with E-state index in [9.17, 15) is 4.79 Å². The van der Waals surface area contributed by atoms with Crippen LogP contribution in [0.2, 0.25) is 0 Å². The number of carbonyl (C=O) groups is 1. The Kier molecular flexibility index (Phi) is 5.84. The SMILES string of the molecule is CN(C)CCSCCC(=O)Nc1nc2ccc(N)cc2s1. The molecule has 0 aliphatic carbocycles. The van der Waals surface area contributed by atoms with Gasteiger partial charge in [0.1, 0.15) is 0 Å². The van der Waals surface area contributed by atoms with Gasteiger partial charge in [-0.3, -0.25) is 4.79 Å². The summed E-state index contributed by atoms with van der Waals surface area (Å²) < 4.78 is 0.991. The van der Waals surface area contributed by atoms with Gasteiger partial charge in [-0.15, -0.1) is 0 Å². The molecule has 1 aromatic heterocycles. The van der Waals surface area contributed by atoms with E-state index in [1.165, 1.54) is 11.3 Å². The van der Waals surface area contributed by atoms with Gasteiger partial charge in [0.15, 0.2) is 5.13 Å². The number of thioether (sulfide) groups is 1. The summed E-state index contributed by atoms with van der Waals surface area (Å²) in [6.45, 7) is 1.03. The van der Waals surface area contributed by atoms with Crippen molar-refractivity contribution in [2.24, 2.45) is 0 Å². The smallest absolute Gasteiger partial charge is 0.226 e. The van der Waals surface area contributed by atoms with Gasteiger partial charge in [0, 0.05) is 30.2 Å². The highest BCUT2D eigenvalue weighted by atomic mass is 32.2. The lowest BCUT2D eigenvalue weighted by atomic mass is 10.3. The second-order valence-corrected chi connectivity index (χ2v) is 7.22. The zero-order valence-electron chi connectivity index (χ0n) is 12.3. The zero-order chi connectivity index (χ0) is 15.2. The molecule has 0 aliphatic heterocycles. The molecule has 0 atom stereocenters. The van der Waals surface area contributed by atoms with Crippen molar-refractivity contribution in [3.05, 3.63) is 18.2 Å². The molecule has 0 bridgehead atoms. The van der Waals surface area contributed by atoms with Crippen molar-refractivity contribution < 1.29 is 4.79 Å². The highest BCUT2D eigenvalue weighted by molar-refractivity contribution is 7.99. The summed E-state index contributed by atoms with van der Waals surface area (Å²) in [6, 6.07) is 5.56. The van der Waals surface area contributed by atoms with E-state index >= 15 is 0 Å². The predicted octanol–water partition coefficient (Wildman–Crippen LogP) is 2.50. The van der Waals surface area contributed by atoms with Crippen LogP contribution in [0.1, 0.15) is 6.42 Å². The van der Waals surface area contributed by atoms with E-state index in [2.05, 4.69) is 15.2 Å². The fourth-order valence-electron chi connectivity index (χ4n) is 1.69. The van der Waals surface area contributed by atoms with E-state index in [0.717, 1.165) is 28.3 Å². The number of nitrogens with one attached hydrogen (secondary N) is 1. The topological polar surface area (TPSA) is 71.2 Å². The number of hydrogen-bond acceptors (Lipinski definition) is 6. The highest BCUT2D eigenvalue weighted by Gasteiger charge is 2.08. The summed E-state index contributed by atoms with van der Waals surface area (Å²) >= 11 is 3.24. The summed E-state index contributed by atoms with van der Waals surface area (Å²) in [6.07, 6.45) is 0.510. The minimum Gasteiger partial charge on any atom is -0.399 e. The number of nitrogens with zero attached hydrogens (tertiary/aromatic N) is 2. The van der Waals surface area contributed by atoms with E-state index < -0.39 is 0 Å². The van der Waals surface area contributed by atoms with Gasteiger partial charge >= 0.3 is 0 Å². The number of carbonyl (C=O) groups excluding carboxylic acids is 1. The maximum absolute atomic E-state index is 11.9. The van der Waals surface area contributed by atoms with Gasteiger partial charge < -0.3 is 16.0 Å². The Bertz CT molecular complexity index is 612. The number of thiazole rings is 1. The van der Waals surface area contributed by atoms with E-state index in [-0.39, 0.29) is 5.91 Å². The van der Waals surface area contributed by atoms with Gasteiger partial charge in [0.25, 0.3) is 0 Å². The third-order valence-corrected chi connectivity index (χ3v) is 4.71. The monoisotopic (exact) mass is 324 g/mol. The number of fused-ring (bicyclic) bond motifs is 1. The maximum atomic E-state index is 11.9. The molecule has 5 nitrogen and oxygen atoms in total. The first kappa shape index (κ1) is 16.1. The van der Waals surface area contributed by atoms with Crippen LogP contribution in [0.3, 0.4) is 0 Å². The molecule has 2 rings (SSSR count). The van der Waals surface area contributed by atoms with Crippen LogP contribution in [0.5, 0.6) is 0 Å². The van der Waals surface area contributed by atoms with Crippen molar-refractivity contribution in [3.8, 4) is 0 Å². The Hall–Kier alpha value is -1.31. The van der Waals surface area contributed by atoms with Crippen LogP contribution in [0.25, 0.3) is 10.2 Å². The molecular formula is C14H20N4OS2. The van der Waals surface area contributed by atoms with E-state index in [1.807, 2.05) is 32.3 Å². The molecule has 1 amide bonds. The quantitative estimate of drug-likeness (QED) is 0.605. The van der Waals surface area contributed by atoms with Crippen LogP contribution in [-0.4, -0.2) is 47.9 Å². The van der Waals surface area contributed by atoms with Crippen LogP contribution in [0.15, 0.2) is 18.2 Å². The van der Waals surface area contributed by atoms with E-state index in [4.69, 9.17) is 5.73 Å². The van der Waals surface area contributed by atoms with Crippen molar-refractivity contribution in [2.45, 2.75) is 6.42 Å². The van der Waals surface area contributed by atoms with Gasteiger partial charge in [0.2, 0.25) is 5.91 Å². The standard InChI is InChI=1S/C14H20N4OS2/c1-18(2)6-8-20-7-5-13(19)17-14-16-11-4-3-10(15)9-12(11)21-14/h3-4,9H,5-8,15H2,1-2H3,(H,16,17,19). The van der Waals surface area contributed by atoms with Crippen LogP contribution < -0.4 is 11.1 Å². The van der Waals surface area contributed by atoms with Gasteiger partial charge in [-0.2, -0.15) is 11.8 Å². The third-order valence-electron chi connectivity index (χ3n) is 2.82. The Morgan fingerprint density at radius 3 is 3.00 bits per heavy atom. The number of nitrogens with two attached hydrogens (primary N) is 1. The summed E-state index contributed by atoms with van der Waals surface area (Å²) in [5, 5.41) is 3.49. The molecule has 0 fully saturated rings. The minimum atomic E-state index is 0.0133. The van der Waals surface area contributed by atoms with Gasteiger partial charge in [-0.05, 0) is 32.3 Å². The Morgan fingerprint density at radius 2 is 2.24 bits per heavy atom. The number of aromatic nitrogens is 1. The molecule has 3 N–H and O–H groups in total. The summed E-state index contributed by atoms with van der Waals surface area (Å²) in [4.78, 5) is 18.4. The molecule has 0 saturated carbocycles. The fourth-order valence-corrected chi connectivity index (χ4v) is 3.65. The molecule has 2 aromatic rings. The molecule has 114 valence electrons. The molecule has 1 heterocycles. The average Bonchev–Trinajstić information content (AvgIpc) is 2.79. The fraction of sp³-hybridized carbons (Fsp3) is 0.429. The van der Waals surface area contributed by atoms with Crippen LogP contribution in [-0.2, 0) is 4.79 Å². The number of benzene rings is 1. The first-order valence-corrected chi connectivity index (χ1v) is 8.70. The average molecular weight is 324 g/mol. The molecule has 0 aliphatic rings. The largest absolute Gasteiger partial charge is 0.399 e. The van der Waals surface area contributed by atoms with Crippen molar-refractivity contribution in [3.63, 3.8) is 0 Å². The third kappa shape index (κ3) is 5.18. The predicted molar refractivity (Wildman–Crippen MR) is 93.2 cm³/mol. The molecule has 0 radical (unpaired) electrons. The maximum Gasteiger partial charge on any atom is 0.226 e. The second kappa shape index (κ2) is 7.63. The lowest BCUT2D eigenvalue weighted by molar-refractivity contribution is -0.115. The summed E-state index contributed by atoms with van der Waals surface area (Å²) in [5.41, 5.74) is 7.31. The number of rotatable bonds is 7. The van der Waals surface area contributed by atoms with Crippen molar-refractivity contribution >= 4 is 50.0 Å². The molecule has 21 heavy (non-hydrogen) atoms. The molecular weight excluding hydrogens is 304 g/mol. The van der Waals surface area contributed by atoms with Gasteiger partial charge in [-0.25, -0.2) is 4.98 Å². The van der Waals surface area contributed by atoms with Crippen molar-refractivity contribution in [1.29, 1.82) is 0 Å². The van der Waals surface area contributed by atoms with Gasteiger partial charge in [0.05, 0.1) is 10.2 Å². The molecule has 1 aromatic carbocycles. The summed E-state index contributed by atoms with van der Waals surface area (Å²) in [5.74, 6) is 1.89. The van der Waals surface area contributed by atoms with Crippen molar-refractivity contribution in [1.82, 2.24) is 9.88 Å². The number of nitrogen functional groups attached to an aromatic ring is 1. The van der Waals surface area contributed by atoms with Crippen LogP contribution in [0.4, 0.5) is 10.8 Å². The molecule has 0 saturated heterocycles. The van der Waals surface area contributed by atoms with Crippen LogP contribution >= 0.6 is 23.1 Å². The highest BCUT2D eigenvalue weighted by Crippen LogP contribution is 2.27. The van der Waals surface area contributed by atoms with Crippen molar-refractivity contribution in [2.75, 3.05) is 43.2 Å². The Morgan fingerprint density at radius 1 is 1.43 bits per heavy atom. The first-order chi connectivity index (χ1) is 10.0. The lowest BCUT2D eigenvalue weighted by Crippen LogP contribution is -2.16.